The van der Waals surface area contributed by atoms with Crippen LogP contribution in [0.25, 0.3) is 5.57 Å². The Morgan fingerprint density at radius 1 is 1.04 bits per heavy atom. The number of aliphatic hydroxyl groups excluding tert-OH is 1. The molecule has 0 bridgehead atoms. The lowest BCUT2D eigenvalue weighted by Gasteiger charge is -2.20. The molecule has 6 heteroatoms. The van der Waals surface area contributed by atoms with E-state index in [9.17, 15) is 14.7 Å². The molecule has 0 aliphatic carbocycles. The number of aliphatic hydroxyl groups is 1. The van der Waals surface area contributed by atoms with Gasteiger partial charge in [0.25, 0.3) is 11.8 Å². The van der Waals surface area contributed by atoms with Gasteiger partial charge in [0.1, 0.15) is 5.70 Å². The molecule has 0 atom stereocenters. The molecule has 2 aromatic carbocycles. The SMILES string of the molecule is Cc1ccc(C2=C(N(C)CCO)C(=O)N(Cc3ccccc3Cl)C2=O)cc1. The fourth-order valence-electron chi connectivity index (χ4n) is 3.10. The Bertz CT molecular complexity index is 906. The van der Waals surface area contributed by atoms with E-state index in [4.69, 9.17) is 11.6 Å². The molecule has 0 fully saturated rings. The molecule has 0 saturated carbocycles. The van der Waals surface area contributed by atoms with Crippen molar-refractivity contribution in [3.63, 3.8) is 0 Å². The Balaban J connectivity index is 2.03. The smallest absolute Gasteiger partial charge is 0.278 e. The van der Waals surface area contributed by atoms with Gasteiger partial charge in [0.15, 0.2) is 0 Å². The number of rotatable bonds is 6. The maximum absolute atomic E-state index is 13.2. The van der Waals surface area contributed by atoms with Crippen molar-refractivity contribution >= 4 is 29.0 Å². The van der Waals surface area contributed by atoms with E-state index in [0.29, 0.717) is 27.4 Å². The van der Waals surface area contributed by atoms with E-state index in [1.54, 1.807) is 30.1 Å². The highest BCUT2D eigenvalue weighted by Crippen LogP contribution is 2.33. The van der Waals surface area contributed by atoms with Gasteiger partial charge >= 0.3 is 0 Å². The summed E-state index contributed by atoms with van der Waals surface area (Å²) in [6, 6.07) is 14.6. The summed E-state index contributed by atoms with van der Waals surface area (Å²) >= 11 is 6.21. The molecule has 0 spiro atoms. The molecule has 2 amide bonds. The summed E-state index contributed by atoms with van der Waals surface area (Å²) < 4.78 is 0. The molecular formula is C21H21ClN2O3. The summed E-state index contributed by atoms with van der Waals surface area (Å²) in [5.41, 5.74) is 3.10. The predicted molar refractivity (Wildman–Crippen MR) is 105 cm³/mol. The summed E-state index contributed by atoms with van der Waals surface area (Å²) in [6.07, 6.45) is 0. The van der Waals surface area contributed by atoms with Crippen LogP contribution >= 0.6 is 11.6 Å². The zero-order chi connectivity index (χ0) is 19.6. The number of imide groups is 1. The van der Waals surface area contributed by atoms with Gasteiger partial charge < -0.3 is 10.0 Å². The molecule has 0 radical (unpaired) electrons. The predicted octanol–water partition coefficient (Wildman–Crippen LogP) is 2.85. The van der Waals surface area contributed by atoms with Crippen LogP contribution in [-0.4, -0.2) is 46.9 Å². The molecule has 1 aliphatic heterocycles. The maximum atomic E-state index is 13.2. The van der Waals surface area contributed by atoms with Crippen LogP contribution in [0.5, 0.6) is 0 Å². The Kier molecular flexibility index (Phi) is 5.63. The lowest BCUT2D eigenvalue weighted by atomic mass is 10.0. The van der Waals surface area contributed by atoms with Crippen molar-refractivity contribution < 1.29 is 14.7 Å². The fourth-order valence-corrected chi connectivity index (χ4v) is 3.30. The van der Waals surface area contributed by atoms with Crippen molar-refractivity contribution in [2.24, 2.45) is 0 Å². The van der Waals surface area contributed by atoms with Crippen LogP contribution in [0.2, 0.25) is 5.02 Å². The van der Waals surface area contributed by atoms with E-state index in [1.165, 1.54) is 4.90 Å². The molecule has 3 rings (SSSR count). The van der Waals surface area contributed by atoms with Crippen molar-refractivity contribution in [1.29, 1.82) is 0 Å². The minimum absolute atomic E-state index is 0.100. The number of hydrogen-bond donors (Lipinski definition) is 1. The number of nitrogens with zero attached hydrogens (tertiary/aromatic N) is 2. The standard InChI is InChI=1S/C21H21ClN2O3/c1-14-7-9-15(10-8-14)18-19(23(2)11-12-25)21(27)24(20(18)26)13-16-5-3-4-6-17(16)22/h3-10,25H,11-13H2,1-2H3. The van der Waals surface area contributed by atoms with Gasteiger partial charge in [0.2, 0.25) is 0 Å². The van der Waals surface area contributed by atoms with Gasteiger partial charge in [-0.15, -0.1) is 0 Å². The van der Waals surface area contributed by atoms with Crippen molar-refractivity contribution in [2.45, 2.75) is 13.5 Å². The van der Waals surface area contributed by atoms with Crippen LogP contribution in [0, 0.1) is 6.92 Å². The molecule has 1 aliphatic rings. The van der Waals surface area contributed by atoms with Crippen LogP contribution in [0.4, 0.5) is 0 Å². The molecule has 27 heavy (non-hydrogen) atoms. The van der Waals surface area contributed by atoms with E-state index in [1.807, 2.05) is 37.3 Å². The van der Waals surface area contributed by atoms with Gasteiger partial charge in [0.05, 0.1) is 18.7 Å². The van der Waals surface area contributed by atoms with Gasteiger partial charge in [-0.05, 0) is 24.1 Å². The number of benzene rings is 2. The normalized spacial score (nSPS) is 14.3. The van der Waals surface area contributed by atoms with Crippen LogP contribution in [-0.2, 0) is 16.1 Å². The largest absolute Gasteiger partial charge is 0.395 e. The lowest BCUT2D eigenvalue weighted by molar-refractivity contribution is -0.138. The van der Waals surface area contributed by atoms with Gasteiger partial charge in [-0.25, -0.2) is 0 Å². The third-order valence-electron chi connectivity index (χ3n) is 4.59. The second kappa shape index (κ2) is 7.94. The van der Waals surface area contributed by atoms with Gasteiger partial charge in [0, 0.05) is 18.6 Å². The average Bonchev–Trinajstić information content (AvgIpc) is 2.89. The third-order valence-corrected chi connectivity index (χ3v) is 4.96. The second-order valence-electron chi connectivity index (χ2n) is 6.52. The molecule has 1 N–H and O–H groups in total. The monoisotopic (exact) mass is 384 g/mol. The number of carbonyl (C=O) groups excluding carboxylic acids is 2. The van der Waals surface area contributed by atoms with E-state index in [0.717, 1.165) is 5.56 Å². The minimum Gasteiger partial charge on any atom is -0.395 e. The van der Waals surface area contributed by atoms with E-state index in [-0.39, 0.29) is 31.5 Å². The minimum atomic E-state index is -0.383. The van der Waals surface area contributed by atoms with E-state index < -0.39 is 0 Å². The first-order valence-electron chi connectivity index (χ1n) is 8.67. The summed E-state index contributed by atoms with van der Waals surface area (Å²) in [6.45, 7) is 2.20. The van der Waals surface area contributed by atoms with Crippen LogP contribution in [0.15, 0.2) is 54.2 Å². The Morgan fingerprint density at radius 3 is 2.33 bits per heavy atom. The molecular weight excluding hydrogens is 364 g/mol. The van der Waals surface area contributed by atoms with E-state index >= 15 is 0 Å². The molecule has 2 aromatic rings. The van der Waals surface area contributed by atoms with Gasteiger partial charge in [-0.1, -0.05) is 59.6 Å². The molecule has 0 unspecified atom stereocenters. The van der Waals surface area contributed by atoms with Crippen molar-refractivity contribution in [2.75, 3.05) is 20.2 Å². The molecule has 1 heterocycles. The molecule has 0 aromatic heterocycles. The number of amides is 2. The zero-order valence-corrected chi connectivity index (χ0v) is 16.0. The highest BCUT2D eigenvalue weighted by Gasteiger charge is 2.40. The Labute approximate surface area is 163 Å². The number of carbonyl (C=O) groups is 2. The van der Waals surface area contributed by atoms with Crippen LogP contribution in [0.3, 0.4) is 0 Å². The molecule has 0 saturated heterocycles. The molecule has 5 nitrogen and oxygen atoms in total. The number of halogens is 1. The first-order valence-corrected chi connectivity index (χ1v) is 9.04. The summed E-state index contributed by atoms with van der Waals surface area (Å²) in [5, 5.41) is 9.79. The van der Waals surface area contributed by atoms with Crippen molar-refractivity contribution in [3.8, 4) is 0 Å². The highest BCUT2D eigenvalue weighted by molar-refractivity contribution is 6.35. The topological polar surface area (TPSA) is 60.9 Å². The van der Waals surface area contributed by atoms with E-state index in [2.05, 4.69) is 0 Å². The summed E-state index contributed by atoms with van der Waals surface area (Å²) in [7, 11) is 1.70. The maximum Gasteiger partial charge on any atom is 0.278 e. The lowest BCUT2D eigenvalue weighted by Crippen LogP contribution is -2.34. The van der Waals surface area contributed by atoms with Crippen molar-refractivity contribution in [1.82, 2.24) is 9.80 Å². The Hall–Kier alpha value is -2.63. The quantitative estimate of drug-likeness (QED) is 0.778. The first kappa shape index (κ1) is 19.1. The van der Waals surface area contributed by atoms with Gasteiger partial charge in [-0.3, -0.25) is 14.5 Å². The second-order valence-corrected chi connectivity index (χ2v) is 6.93. The highest BCUT2D eigenvalue weighted by atomic mass is 35.5. The van der Waals surface area contributed by atoms with Crippen LogP contribution < -0.4 is 0 Å². The Morgan fingerprint density at radius 2 is 1.70 bits per heavy atom. The zero-order valence-electron chi connectivity index (χ0n) is 15.3. The van der Waals surface area contributed by atoms with Gasteiger partial charge in [-0.2, -0.15) is 0 Å². The molecule has 140 valence electrons. The number of aryl methyl sites for hydroxylation is 1. The summed E-state index contributed by atoms with van der Waals surface area (Å²) in [4.78, 5) is 29.1. The third kappa shape index (κ3) is 3.75. The first-order chi connectivity index (χ1) is 12.9. The van der Waals surface area contributed by atoms with Crippen molar-refractivity contribution in [3.05, 3.63) is 75.9 Å². The number of likely N-dealkylation sites (N-methyl/N-ethyl adjacent to an activating group) is 1. The number of hydrogen-bond acceptors (Lipinski definition) is 4. The van der Waals surface area contributed by atoms with Crippen LogP contribution in [0.1, 0.15) is 16.7 Å². The average molecular weight is 385 g/mol. The fraction of sp³-hybridized carbons (Fsp3) is 0.238. The summed E-state index contributed by atoms with van der Waals surface area (Å²) in [5.74, 6) is -0.741.